The van der Waals surface area contributed by atoms with Gasteiger partial charge in [0.25, 0.3) is 0 Å². The summed E-state index contributed by atoms with van der Waals surface area (Å²) in [6.07, 6.45) is 0. The van der Waals surface area contributed by atoms with Crippen LogP contribution in [0.2, 0.25) is 5.02 Å². The molecule has 0 fully saturated rings. The zero-order chi connectivity index (χ0) is 22.1. The molecule has 0 bridgehead atoms. The molecule has 31 heavy (non-hydrogen) atoms. The van der Waals surface area contributed by atoms with Gasteiger partial charge in [0.2, 0.25) is 11.9 Å². The van der Waals surface area contributed by atoms with Crippen LogP contribution in [0.4, 0.5) is 5.95 Å². The van der Waals surface area contributed by atoms with Crippen LogP contribution in [0.3, 0.4) is 0 Å². The lowest BCUT2D eigenvalue weighted by molar-refractivity contribution is -0.115. The van der Waals surface area contributed by atoms with E-state index in [4.69, 9.17) is 26.8 Å². The quantitative estimate of drug-likeness (QED) is 0.605. The van der Waals surface area contributed by atoms with Gasteiger partial charge in [-0.2, -0.15) is 4.98 Å². The van der Waals surface area contributed by atoms with Crippen molar-refractivity contribution in [2.45, 2.75) is 19.9 Å². The van der Waals surface area contributed by atoms with E-state index in [1.165, 1.54) is 0 Å². The maximum Gasteiger partial charge on any atom is 0.248 e. The van der Waals surface area contributed by atoms with E-state index in [0.29, 0.717) is 51.7 Å². The van der Waals surface area contributed by atoms with Crippen molar-refractivity contribution >= 4 is 23.5 Å². The van der Waals surface area contributed by atoms with Gasteiger partial charge in [0.15, 0.2) is 17.3 Å². The van der Waals surface area contributed by atoms with Crippen LogP contribution in [0, 0.1) is 0 Å². The van der Waals surface area contributed by atoms with E-state index >= 15 is 0 Å². The van der Waals surface area contributed by atoms with Crippen LogP contribution in [0.25, 0.3) is 11.4 Å². The standard InChI is InChI=1S/C22H22ClN5O3/c1-4-31-16-10-9-13(11-17(16)30-3)19-18(20(24)29)12(2)25-22-26-21(27-28(19)22)14-7-5-6-8-15(14)23/h5-11,19H,4H2,1-3H3,(H2,24,29)(H,25,26,27)/t19-/m1/s1. The van der Waals surface area contributed by atoms with Crippen molar-refractivity contribution in [2.75, 3.05) is 19.0 Å². The second-order valence-electron chi connectivity index (χ2n) is 6.96. The molecule has 9 heteroatoms. The van der Waals surface area contributed by atoms with Gasteiger partial charge in [0.05, 0.1) is 24.3 Å². The average molecular weight is 440 g/mol. The number of hydrogen-bond donors (Lipinski definition) is 2. The minimum absolute atomic E-state index is 0.384. The number of fused-ring (bicyclic) bond motifs is 1. The van der Waals surface area contributed by atoms with Crippen LogP contribution in [-0.2, 0) is 4.79 Å². The molecule has 4 rings (SSSR count). The number of nitrogens with two attached hydrogens (primary N) is 1. The molecule has 1 aliphatic rings. The molecule has 1 atom stereocenters. The third kappa shape index (κ3) is 3.70. The van der Waals surface area contributed by atoms with Gasteiger partial charge in [-0.05, 0) is 43.7 Å². The average Bonchev–Trinajstić information content (AvgIpc) is 3.16. The number of allylic oxidation sites excluding steroid dienone is 1. The molecular formula is C22H22ClN5O3. The molecule has 0 aliphatic carbocycles. The number of carbonyl (C=O) groups excluding carboxylic acids is 1. The summed E-state index contributed by atoms with van der Waals surface area (Å²) < 4.78 is 12.8. The maximum atomic E-state index is 12.4. The molecule has 0 radical (unpaired) electrons. The first-order valence-electron chi connectivity index (χ1n) is 9.74. The molecule has 0 saturated heterocycles. The first-order chi connectivity index (χ1) is 14.9. The van der Waals surface area contributed by atoms with Gasteiger partial charge in [-0.15, -0.1) is 5.10 Å². The predicted octanol–water partition coefficient (Wildman–Crippen LogP) is 3.78. The Labute approximate surface area is 184 Å². The summed E-state index contributed by atoms with van der Waals surface area (Å²) in [5.41, 5.74) is 8.19. The van der Waals surface area contributed by atoms with E-state index in [-0.39, 0.29) is 0 Å². The summed E-state index contributed by atoms with van der Waals surface area (Å²) in [5, 5.41) is 8.33. The van der Waals surface area contributed by atoms with E-state index in [1.54, 1.807) is 30.8 Å². The zero-order valence-corrected chi connectivity index (χ0v) is 18.1. The number of benzene rings is 2. The number of rotatable bonds is 6. The molecular weight excluding hydrogens is 418 g/mol. The van der Waals surface area contributed by atoms with Crippen molar-refractivity contribution in [1.29, 1.82) is 0 Å². The highest BCUT2D eigenvalue weighted by Crippen LogP contribution is 2.39. The Morgan fingerprint density at radius 2 is 2.03 bits per heavy atom. The highest BCUT2D eigenvalue weighted by molar-refractivity contribution is 6.33. The van der Waals surface area contributed by atoms with Crippen LogP contribution in [0.5, 0.6) is 11.5 Å². The highest BCUT2D eigenvalue weighted by Gasteiger charge is 2.34. The second kappa shape index (κ2) is 8.31. The predicted molar refractivity (Wildman–Crippen MR) is 118 cm³/mol. The number of anilines is 1. The summed E-state index contributed by atoms with van der Waals surface area (Å²) in [7, 11) is 1.57. The van der Waals surface area contributed by atoms with Crippen LogP contribution >= 0.6 is 11.6 Å². The number of carbonyl (C=O) groups is 1. The van der Waals surface area contributed by atoms with Gasteiger partial charge < -0.3 is 20.5 Å². The first kappa shape index (κ1) is 20.7. The van der Waals surface area contributed by atoms with E-state index in [1.807, 2.05) is 37.3 Å². The first-order valence-corrected chi connectivity index (χ1v) is 10.1. The lowest BCUT2D eigenvalue weighted by Crippen LogP contribution is -2.31. The summed E-state index contributed by atoms with van der Waals surface area (Å²) in [4.78, 5) is 17.0. The van der Waals surface area contributed by atoms with E-state index in [0.717, 1.165) is 5.56 Å². The Hall–Kier alpha value is -3.52. The number of hydrogen-bond acceptors (Lipinski definition) is 6. The molecule has 2 aromatic carbocycles. The maximum absolute atomic E-state index is 12.4. The number of halogens is 1. The zero-order valence-electron chi connectivity index (χ0n) is 17.3. The Bertz CT molecular complexity index is 1190. The number of amides is 1. The fourth-order valence-corrected chi connectivity index (χ4v) is 3.88. The Balaban J connectivity index is 1.88. The Morgan fingerprint density at radius 1 is 1.26 bits per heavy atom. The van der Waals surface area contributed by atoms with Gasteiger partial charge in [-0.1, -0.05) is 29.8 Å². The number of methoxy groups -OCH3 is 1. The lowest BCUT2D eigenvalue weighted by Gasteiger charge is -2.28. The van der Waals surface area contributed by atoms with Crippen molar-refractivity contribution in [3.63, 3.8) is 0 Å². The van der Waals surface area contributed by atoms with Crippen molar-refractivity contribution in [3.8, 4) is 22.9 Å². The van der Waals surface area contributed by atoms with Crippen LogP contribution in [0.1, 0.15) is 25.5 Å². The molecule has 3 aromatic rings. The van der Waals surface area contributed by atoms with Crippen molar-refractivity contribution in [1.82, 2.24) is 14.8 Å². The highest BCUT2D eigenvalue weighted by atomic mass is 35.5. The van der Waals surface area contributed by atoms with Crippen LogP contribution in [-0.4, -0.2) is 34.4 Å². The third-order valence-electron chi connectivity index (χ3n) is 5.04. The molecule has 8 nitrogen and oxygen atoms in total. The summed E-state index contributed by atoms with van der Waals surface area (Å²) >= 11 is 6.35. The van der Waals surface area contributed by atoms with Crippen molar-refractivity contribution < 1.29 is 14.3 Å². The fraction of sp³-hybridized carbons (Fsp3) is 0.227. The van der Waals surface area contributed by atoms with E-state index in [9.17, 15) is 4.79 Å². The molecule has 0 unspecified atom stereocenters. The number of ether oxygens (including phenoxy) is 2. The molecule has 1 amide bonds. The minimum Gasteiger partial charge on any atom is -0.493 e. The van der Waals surface area contributed by atoms with Crippen molar-refractivity contribution in [3.05, 3.63) is 64.3 Å². The van der Waals surface area contributed by atoms with Gasteiger partial charge in [0.1, 0.15) is 6.04 Å². The number of nitrogens with one attached hydrogen (secondary N) is 1. The van der Waals surface area contributed by atoms with E-state index in [2.05, 4.69) is 15.4 Å². The molecule has 3 N–H and O–H groups in total. The molecule has 2 heterocycles. The SMILES string of the molecule is CCOc1ccc([C@@H]2C(C(N)=O)=C(C)Nc3nc(-c4ccccc4Cl)nn32)cc1OC. The van der Waals surface area contributed by atoms with Crippen molar-refractivity contribution in [2.24, 2.45) is 5.73 Å². The van der Waals surface area contributed by atoms with Crippen LogP contribution in [0.15, 0.2) is 53.7 Å². The second-order valence-corrected chi connectivity index (χ2v) is 7.36. The minimum atomic E-state index is -0.595. The summed E-state index contributed by atoms with van der Waals surface area (Å²) in [6, 6.07) is 12.2. The number of primary amides is 1. The molecule has 160 valence electrons. The van der Waals surface area contributed by atoms with Crippen LogP contribution < -0.4 is 20.5 Å². The number of nitrogens with zero attached hydrogens (tertiary/aromatic N) is 3. The van der Waals surface area contributed by atoms with Gasteiger partial charge in [0, 0.05) is 11.3 Å². The normalized spacial score (nSPS) is 15.3. The monoisotopic (exact) mass is 439 g/mol. The summed E-state index contributed by atoms with van der Waals surface area (Å²) in [6.45, 7) is 4.19. The smallest absolute Gasteiger partial charge is 0.248 e. The topological polar surface area (TPSA) is 104 Å². The molecule has 0 spiro atoms. The molecule has 0 saturated carbocycles. The Kier molecular flexibility index (Phi) is 5.56. The number of aromatic nitrogens is 3. The summed E-state index contributed by atoms with van der Waals surface area (Å²) in [5.74, 6) is 1.53. The van der Waals surface area contributed by atoms with E-state index < -0.39 is 11.9 Å². The van der Waals surface area contributed by atoms with Gasteiger partial charge >= 0.3 is 0 Å². The van der Waals surface area contributed by atoms with Gasteiger partial charge in [-0.25, -0.2) is 4.68 Å². The fourth-order valence-electron chi connectivity index (χ4n) is 3.66. The lowest BCUT2D eigenvalue weighted by atomic mass is 9.95. The molecule has 1 aliphatic heterocycles. The largest absolute Gasteiger partial charge is 0.493 e. The van der Waals surface area contributed by atoms with Gasteiger partial charge in [-0.3, -0.25) is 4.79 Å². The molecule has 1 aromatic heterocycles. The third-order valence-corrected chi connectivity index (χ3v) is 5.37. The Morgan fingerprint density at radius 3 is 2.71 bits per heavy atom.